The SMILES string of the molecule is Cc1noc(C)c1-c1cc(S(N)(=O)=O)c2cc(-c3ccc(F)cc3)c(=O)[nH]c2c1. The Morgan fingerprint density at radius 1 is 1.07 bits per heavy atom. The number of benzene rings is 2. The Balaban J connectivity index is 2.06. The Morgan fingerprint density at radius 2 is 1.76 bits per heavy atom. The lowest BCUT2D eigenvalue weighted by Gasteiger charge is -2.11. The maximum Gasteiger partial charge on any atom is 0.256 e. The van der Waals surface area contributed by atoms with Crippen LogP contribution < -0.4 is 10.7 Å². The van der Waals surface area contributed by atoms with Gasteiger partial charge in [-0.25, -0.2) is 17.9 Å². The van der Waals surface area contributed by atoms with Gasteiger partial charge < -0.3 is 9.51 Å². The van der Waals surface area contributed by atoms with Gasteiger partial charge in [-0.1, -0.05) is 17.3 Å². The summed E-state index contributed by atoms with van der Waals surface area (Å²) >= 11 is 0. The first-order valence-corrected chi connectivity index (χ1v) is 10.1. The van der Waals surface area contributed by atoms with E-state index >= 15 is 0 Å². The van der Waals surface area contributed by atoms with Crippen molar-refractivity contribution < 1.29 is 17.3 Å². The van der Waals surface area contributed by atoms with Crippen LogP contribution >= 0.6 is 0 Å². The quantitative estimate of drug-likeness (QED) is 0.534. The molecule has 7 nitrogen and oxygen atoms in total. The molecule has 2 aromatic carbocycles. The van der Waals surface area contributed by atoms with E-state index in [-0.39, 0.29) is 15.8 Å². The van der Waals surface area contributed by atoms with Crippen LogP contribution in [0.15, 0.2) is 56.7 Å². The number of aryl methyl sites for hydroxylation is 2. The number of nitrogens with two attached hydrogens (primary N) is 1. The molecule has 0 unspecified atom stereocenters. The van der Waals surface area contributed by atoms with Gasteiger partial charge in [0.1, 0.15) is 11.6 Å². The van der Waals surface area contributed by atoms with E-state index < -0.39 is 21.4 Å². The highest BCUT2D eigenvalue weighted by molar-refractivity contribution is 7.89. The Hall–Kier alpha value is -3.30. The summed E-state index contributed by atoms with van der Waals surface area (Å²) in [5.41, 5.74) is 2.20. The van der Waals surface area contributed by atoms with Crippen molar-refractivity contribution in [3.05, 3.63) is 70.1 Å². The van der Waals surface area contributed by atoms with E-state index in [1.807, 2.05) is 0 Å². The first-order chi connectivity index (χ1) is 13.6. The van der Waals surface area contributed by atoms with Crippen molar-refractivity contribution >= 4 is 20.9 Å². The molecule has 0 amide bonds. The molecular weight excluding hydrogens is 397 g/mol. The molecule has 0 aliphatic rings. The van der Waals surface area contributed by atoms with E-state index in [1.165, 1.54) is 36.4 Å². The van der Waals surface area contributed by atoms with Crippen molar-refractivity contribution in [2.45, 2.75) is 18.7 Å². The number of H-pyrrole nitrogens is 1. The summed E-state index contributed by atoms with van der Waals surface area (Å²) in [5.74, 6) is 0.0628. The minimum Gasteiger partial charge on any atom is -0.361 e. The van der Waals surface area contributed by atoms with Crippen molar-refractivity contribution in [3.8, 4) is 22.3 Å². The fraction of sp³-hybridized carbons (Fsp3) is 0.100. The highest BCUT2D eigenvalue weighted by Crippen LogP contribution is 2.33. The Bertz CT molecular complexity index is 1400. The normalized spacial score (nSPS) is 11.9. The van der Waals surface area contributed by atoms with Gasteiger partial charge in [0, 0.05) is 16.5 Å². The van der Waals surface area contributed by atoms with Gasteiger partial charge in [-0.05, 0) is 55.3 Å². The molecule has 0 spiro atoms. The van der Waals surface area contributed by atoms with Gasteiger partial charge in [0.25, 0.3) is 5.56 Å². The third-order valence-electron chi connectivity index (χ3n) is 4.71. The van der Waals surface area contributed by atoms with Gasteiger partial charge in [-0.15, -0.1) is 0 Å². The van der Waals surface area contributed by atoms with Crippen LogP contribution in [0, 0.1) is 19.7 Å². The molecule has 0 saturated carbocycles. The van der Waals surface area contributed by atoms with E-state index in [0.29, 0.717) is 33.7 Å². The van der Waals surface area contributed by atoms with Crippen LogP contribution in [0.3, 0.4) is 0 Å². The summed E-state index contributed by atoms with van der Waals surface area (Å²) in [6, 6.07) is 9.85. The number of hydrogen-bond donors (Lipinski definition) is 2. The third kappa shape index (κ3) is 3.34. The number of halogens is 1. The maximum absolute atomic E-state index is 13.2. The molecule has 0 radical (unpaired) electrons. The standard InChI is InChI=1S/C20H16FN3O4S/c1-10-19(11(2)28-24-10)13-7-17-16(18(8-13)29(22,26)27)9-15(20(25)23-17)12-3-5-14(21)6-4-12/h3-9H,1-2H3,(H,23,25)(H2,22,26,27). The number of nitrogens with zero attached hydrogens (tertiary/aromatic N) is 1. The minimum absolute atomic E-state index is 0.149. The molecule has 0 bridgehead atoms. The van der Waals surface area contributed by atoms with E-state index in [2.05, 4.69) is 10.1 Å². The fourth-order valence-electron chi connectivity index (χ4n) is 3.40. The number of rotatable bonds is 3. The average molecular weight is 413 g/mol. The molecule has 4 rings (SSSR count). The second-order valence-corrected chi connectivity index (χ2v) is 8.23. The van der Waals surface area contributed by atoms with Crippen LogP contribution in [0.2, 0.25) is 0 Å². The van der Waals surface area contributed by atoms with Crippen molar-refractivity contribution in [2.75, 3.05) is 0 Å². The fourth-order valence-corrected chi connectivity index (χ4v) is 4.16. The molecule has 0 aliphatic carbocycles. The van der Waals surface area contributed by atoms with E-state index in [0.717, 1.165) is 0 Å². The zero-order valence-corrected chi connectivity index (χ0v) is 16.3. The van der Waals surface area contributed by atoms with Gasteiger partial charge in [0.05, 0.1) is 16.1 Å². The summed E-state index contributed by atoms with van der Waals surface area (Å²) in [6.07, 6.45) is 0. The molecule has 4 aromatic rings. The Kier molecular flexibility index (Phi) is 4.36. The zero-order valence-electron chi connectivity index (χ0n) is 15.5. The predicted octanol–water partition coefficient (Wildman–Crippen LogP) is 3.25. The van der Waals surface area contributed by atoms with Crippen molar-refractivity contribution in [1.29, 1.82) is 0 Å². The number of nitrogens with one attached hydrogen (secondary N) is 1. The van der Waals surface area contributed by atoms with Gasteiger partial charge in [-0.3, -0.25) is 4.79 Å². The molecule has 2 heterocycles. The first kappa shape index (κ1) is 19.0. The minimum atomic E-state index is -4.12. The molecule has 0 atom stereocenters. The summed E-state index contributed by atoms with van der Waals surface area (Å²) in [4.78, 5) is 15.2. The van der Waals surface area contributed by atoms with Crippen molar-refractivity contribution in [1.82, 2.24) is 10.1 Å². The predicted molar refractivity (Wildman–Crippen MR) is 106 cm³/mol. The number of aromatic nitrogens is 2. The van der Waals surface area contributed by atoms with E-state index in [1.54, 1.807) is 19.9 Å². The molecular formula is C20H16FN3O4S. The van der Waals surface area contributed by atoms with Gasteiger partial charge in [0.2, 0.25) is 10.0 Å². The molecule has 2 aromatic heterocycles. The van der Waals surface area contributed by atoms with Crippen LogP contribution in [-0.2, 0) is 10.0 Å². The first-order valence-electron chi connectivity index (χ1n) is 8.58. The summed E-state index contributed by atoms with van der Waals surface area (Å²) in [7, 11) is -4.12. The summed E-state index contributed by atoms with van der Waals surface area (Å²) in [5, 5.41) is 9.60. The van der Waals surface area contributed by atoms with Crippen LogP contribution in [-0.4, -0.2) is 18.6 Å². The molecule has 148 valence electrons. The number of pyridine rings is 1. The largest absolute Gasteiger partial charge is 0.361 e. The van der Waals surface area contributed by atoms with Crippen molar-refractivity contribution in [2.24, 2.45) is 5.14 Å². The molecule has 3 N–H and O–H groups in total. The van der Waals surface area contributed by atoms with Gasteiger partial charge in [0.15, 0.2) is 0 Å². The molecule has 0 saturated heterocycles. The molecule has 0 fully saturated rings. The number of hydrogen-bond acceptors (Lipinski definition) is 5. The second kappa shape index (κ2) is 6.64. The zero-order chi connectivity index (χ0) is 20.9. The second-order valence-electron chi connectivity index (χ2n) is 6.70. The van der Waals surface area contributed by atoms with Crippen molar-refractivity contribution in [3.63, 3.8) is 0 Å². The molecule has 9 heteroatoms. The Morgan fingerprint density at radius 3 is 2.34 bits per heavy atom. The van der Waals surface area contributed by atoms with Crippen LogP contribution in [0.25, 0.3) is 33.2 Å². The monoisotopic (exact) mass is 413 g/mol. The van der Waals surface area contributed by atoms with Crippen LogP contribution in [0.1, 0.15) is 11.5 Å². The third-order valence-corrected chi connectivity index (χ3v) is 5.66. The van der Waals surface area contributed by atoms with Crippen LogP contribution in [0.5, 0.6) is 0 Å². The number of sulfonamides is 1. The maximum atomic E-state index is 13.2. The van der Waals surface area contributed by atoms with Gasteiger partial charge in [-0.2, -0.15) is 0 Å². The van der Waals surface area contributed by atoms with Crippen LogP contribution in [0.4, 0.5) is 4.39 Å². The topological polar surface area (TPSA) is 119 Å². The number of fused-ring (bicyclic) bond motifs is 1. The average Bonchev–Trinajstić information content (AvgIpc) is 2.98. The van der Waals surface area contributed by atoms with Gasteiger partial charge >= 0.3 is 0 Å². The molecule has 29 heavy (non-hydrogen) atoms. The lowest BCUT2D eigenvalue weighted by atomic mass is 10.00. The lowest BCUT2D eigenvalue weighted by molar-refractivity contribution is 0.393. The summed E-state index contributed by atoms with van der Waals surface area (Å²) < 4.78 is 43.0. The smallest absolute Gasteiger partial charge is 0.256 e. The number of primary sulfonamides is 1. The van der Waals surface area contributed by atoms with E-state index in [4.69, 9.17) is 9.66 Å². The highest BCUT2D eigenvalue weighted by Gasteiger charge is 2.20. The molecule has 0 aliphatic heterocycles. The number of aromatic amines is 1. The Labute approximate surface area is 165 Å². The lowest BCUT2D eigenvalue weighted by Crippen LogP contribution is -2.15. The summed E-state index contributed by atoms with van der Waals surface area (Å²) in [6.45, 7) is 3.43. The highest BCUT2D eigenvalue weighted by atomic mass is 32.2. The van der Waals surface area contributed by atoms with E-state index in [9.17, 15) is 17.6 Å².